The minimum Gasteiger partial charge on any atom is -0.263 e. The predicted octanol–water partition coefficient (Wildman–Crippen LogP) is 10.6. The van der Waals surface area contributed by atoms with Gasteiger partial charge in [-0.2, -0.15) is 30.7 Å². The van der Waals surface area contributed by atoms with Crippen LogP contribution >= 0.6 is 0 Å². The van der Waals surface area contributed by atoms with E-state index in [9.17, 15) is 0 Å². The Balaban J connectivity index is -0.000000261. The average molecular weight is 733 g/mol. The van der Waals surface area contributed by atoms with Gasteiger partial charge >= 0.3 is 0 Å². The van der Waals surface area contributed by atoms with Gasteiger partial charge in [-0.15, -0.1) is 0 Å². The Labute approximate surface area is 320 Å². The SMILES string of the molecule is CC(C)C.CC(C)C.CC(C)C.CC(C)C.CC(C)Cc1cn[nH]n1.CC(C)Cc1ncn[nH]1.CC(C)Cc1ncn[nH]1.CC(C)Cn1cncn1. The van der Waals surface area contributed by atoms with Crippen LogP contribution in [0.1, 0.15) is 156 Å². The number of aromatic nitrogens is 12. The smallest absolute Gasteiger partial charge is 0.137 e. The first-order valence-corrected chi connectivity index (χ1v) is 19.4. The fourth-order valence-electron chi connectivity index (χ4n) is 2.87. The highest BCUT2D eigenvalue weighted by Gasteiger charge is 1.99. The van der Waals surface area contributed by atoms with Crippen molar-refractivity contribution in [3.8, 4) is 0 Å². The number of nitrogens with zero attached hydrogens (tertiary/aromatic N) is 9. The van der Waals surface area contributed by atoms with E-state index in [1.807, 2.05) is 4.68 Å². The van der Waals surface area contributed by atoms with Crippen molar-refractivity contribution in [1.29, 1.82) is 0 Å². The summed E-state index contributed by atoms with van der Waals surface area (Å²) >= 11 is 0. The summed E-state index contributed by atoms with van der Waals surface area (Å²) in [6.07, 6.45) is 11.1. The second-order valence-corrected chi connectivity index (χ2v) is 17.1. The van der Waals surface area contributed by atoms with Gasteiger partial charge in [0.2, 0.25) is 0 Å². The van der Waals surface area contributed by atoms with E-state index in [0.29, 0.717) is 23.7 Å². The molecule has 3 N–H and O–H groups in total. The molecule has 4 heterocycles. The summed E-state index contributed by atoms with van der Waals surface area (Å²) in [7, 11) is 0. The van der Waals surface area contributed by atoms with Gasteiger partial charge in [-0.05, 0) is 53.8 Å². The van der Waals surface area contributed by atoms with Crippen LogP contribution in [0.15, 0.2) is 31.5 Å². The van der Waals surface area contributed by atoms with Gasteiger partial charge in [0, 0.05) is 19.4 Å². The summed E-state index contributed by atoms with van der Waals surface area (Å²) < 4.78 is 1.84. The normalized spacial score (nSPS) is 10.1. The van der Waals surface area contributed by atoms with E-state index in [4.69, 9.17) is 0 Å². The zero-order valence-electron chi connectivity index (χ0n) is 37.4. The number of H-pyrrole nitrogens is 3. The fraction of sp³-hybridized carbons (Fsp3) is 0.800. The molecular formula is C40H84N12. The minimum absolute atomic E-state index is 0.645. The van der Waals surface area contributed by atoms with Crippen molar-refractivity contribution in [1.82, 2.24) is 60.5 Å². The van der Waals surface area contributed by atoms with Crippen LogP contribution in [-0.4, -0.2) is 60.5 Å². The van der Waals surface area contributed by atoms with Crippen LogP contribution in [0.25, 0.3) is 0 Å². The molecule has 0 atom stereocenters. The predicted molar refractivity (Wildman–Crippen MR) is 222 cm³/mol. The highest BCUT2D eigenvalue weighted by molar-refractivity contribution is 4.90. The van der Waals surface area contributed by atoms with Crippen LogP contribution in [0.5, 0.6) is 0 Å². The van der Waals surface area contributed by atoms with Gasteiger partial charge in [0.25, 0.3) is 0 Å². The quantitative estimate of drug-likeness (QED) is 0.162. The van der Waals surface area contributed by atoms with Crippen molar-refractivity contribution in [3.63, 3.8) is 0 Å². The molecule has 4 aromatic rings. The molecule has 0 aliphatic heterocycles. The lowest BCUT2D eigenvalue weighted by Crippen LogP contribution is -2.03. The first-order chi connectivity index (χ1) is 24.1. The molecule has 4 aromatic heterocycles. The lowest BCUT2D eigenvalue weighted by atomic mass is 10.1. The average Bonchev–Trinajstić information content (AvgIpc) is 3.78. The van der Waals surface area contributed by atoms with E-state index < -0.39 is 0 Å². The molecule has 304 valence electrons. The molecule has 0 bridgehead atoms. The Morgan fingerprint density at radius 3 is 1.12 bits per heavy atom. The number of nitrogens with one attached hydrogen (secondary N) is 3. The Morgan fingerprint density at radius 1 is 0.500 bits per heavy atom. The molecule has 12 heteroatoms. The van der Waals surface area contributed by atoms with Crippen LogP contribution in [0.4, 0.5) is 0 Å². The van der Waals surface area contributed by atoms with Crippen LogP contribution in [0.3, 0.4) is 0 Å². The first kappa shape index (κ1) is 55.3. The van der Waals surface area contributed by atoms with Crippen LogP contribution < -0.4 is 0 Å². The third kappa shape index (κ3) is 58.7. The van der Waals surface area contributed by atoms with E-state index in [2.05, 4.69) is 194 Å². The van der Waals surface area contributed by atoms with Crippen molar-refractivity contribution in [3.05, 3.63) is 48.8 Å². The van der Waals surface area contributed by atoms with Crippen molar-refractivity contribution >= 4 is 0 Å². The topological polar surface area (TPSA) is 155 Å². The summed E-state index contributed by atoms with van der Waals surface area (Å²) in [6, 6.07) is 0. The molecule has 4 rings (SSSR count). The molecule has 0 amide bonds. The molecule has 0 radical (unpaired) electrons. The standard InChI is InChI=1S/4C6H11N3.4C4H10/c1-6(2)3-9-5-7-4-8-9;2*1-5(2)3-6-7-4-8-9-6;1-5(2)3-6-4-7-9-8-6;4*1-4(2)3/h4-6H,3H2,1-2H3;3*4-5H,3H2,1-2H3,(H,7,8,9);4*4H,1-3H3. The second-order valence-electron chi connectivity index (χ2n) is 17.1. The van der Waals surface area contributed by atoms with E-state index in [1.165, 1.54) is 12.7 Å². The van der Waals surface area contributed by atoms with Crippen molar-refractivity contribution in [2.45, 2.75) is 164 Å². The summed E-state index contributed by atoms with van der Waals surface area (Å²) in [5.74, 6) is 7.90. The van der Waals surface area contributed by atoms with Crippen LogP contribution in [0, 0.1) is 47.3 Å². The van der Waals surface area contributed by atoms with Crippen LogP contribution in [0.2, 0.25) is 0 Å². The Kier molecular flexibility index (Phi) is 39.7. The monoisotopic (exact) mass is 733 g/mol. The summed E-state index contributed by atoms with van der Waals surface area (Å²) in [4.78, 5) is 11.8. The van der Waals surface area contributed by atoms with Crippen molar-refractivity contribution < 1.29 is 0 Å². The molecule has 0 aliphatic rings. The van der Waals surface area contributed by atoms with Crippen LogP contribution in [-0.2, 0) is 25.8 Å². The van der Waals surface area contributed by atoms with E-state index in [0.717, 1.165) is 66.8 Å². The Bertz CT molecular complexity index is 934. The zero-order chi connectivity index (χ0) is 41.1. The minimum atomic E-state index is 0.645. The van der Waals surface area contributed by atoms with Gasteiger partial charge in [-0.3, -0.25) is 14.9 Å². The molecule has 0 unspecified atom stereocenters. The highest BCUT2D eigenvalue weighted by Crippen LogP contribution is 2.01. The van der Waals surface area contributed by atoms with E-state index >= 15 is 0 Å². The number of rotatable bonds is 8. The maximum atomic E-state index is 3.99. The Morgan fingerprint density at radius 2 is 0.885 bits per heavy atom. The molecule has 12 nitrogen and oxygen atoms in total. The van der Waals surface area contributed by atoms with Gasteiger partial charge in [0.15, 0.2) is 0 Å². The third-order valence-corrected chi connectivity index (χ3v) is 4.23. The zero-order valence-corrected chi connectivity index (χ0v) is 37.4. The molecule has 0 saturated heterocycles. The third-order valence-electron chi connectivity index (χ3n) is 4.23. The summed E-state index contributed by atoms with van der Waals surface area (Å²) in [6.45, 7) is 44.2. The molecule has 0 aromatic carbocycles. The molecule has 0 aliphatic carbocycles. The van der Waals surface area contributed by atoms with Gasteiger partial charge in [-0.25, -0.2) is 15.0 Å². The number of hydrogen-bond acceptors (Lipinski definition) is 8. The van der Waals surface area contributed by atoms with Gasteiger partial charge in [-0.1, -0.05) is 138 Å². The lowest BCUT2D eigenvalue weighted by molar-refractivity contribution is 0.482. The maximum Gasteiger partial charge on any atom is 0.137 e. The van der Waals surface area contributed by atoms with E-state index in [-0.39, 0.29) is 0 Å². The second kappa shape index (κ2) is 37.3. The van der Waals surface area contributed by atoms with Gasteiger partial charge in [0.1, 0.15) is 37.0 Å². The van der Waals surface area contributed by atoms with Crippen molar-refractivity contribution in [2.24, 2.45) is 47.3 Å². The van der Waals surface area contributed by atoms with Crippen molar-refractivity contribution in [2.75, 3.05) is 0 Å². The van der Waals surface area contributed by atoms with Gasteiger partial charge in [0.05, 0.1) is 11.9 Å². The number of hydrogen-bond donors (Lipinski definition) is 3. The number of aromatic amines is 3. The maximum absolute atomic E-state index is 3.99. The first-order valence-electron chi connectivity index (χ1n) is 19.4. The molecule has 0 saturated carbocycles. The summed E-state index contributed by atoms with van der Waals surface area (Å²) in [5, 5.41) is 27.2. The lowest BCUT2D eigenvalue weighted by Gasteiger charge is -2.01. The summed E-state index contributed by atoms with van der Waals surface area (Å²) in [5.41, 5.74) is 1.05. The largest absolute Gasteiger partial charge is 0.263 e. The van der Waals surface area contributed by atoms with Gasteiger partial charge < -0.3 is 0 Å². The molecule has 0 fully saturated rings. The highest BCUT2D eigenvalue weighted by atomic mass is 15.3. The van der Waals surface area contributed by atoms with E-state index in [1.54, 1.807) is 18.9 Å². The molecule has 0 spiro atoms. The molecule has 52 heavy (non-hydrogen) atoms. The fourth-order valence-corrected chi connectivity index (χ4v) is 2.87. The Hall–Kier alpha value is -3.44. The molecular weight excluding hydrogens is 649 g/mol.